The molecule has 2 N–H and O–H groups in total. The predicted molar refractivity (Wildman–Crippen MR) is 64.8 cm³/mol. The molecule has 84 valence electrons. The molecule has 0 saturated heterocycles. The molecule has 1 aromatic heterocycles. The highest BCUT2D eigenvalue weighted by molar-refractivity contribution is 5.90. The SMILES string of the molecule is CC(C)(C)c1cc(N)c2cccc(F)c2n1. The Kier molecular flexibility index (Phi) is 2.34. The number of para-hydroxylation sites is 1. The summed E-state index contributed by atoms with van der Waals surface area (Å²) in [6.07, 6.45) is 0. The van der Waals surface area contributed by atoms with Crippen LogP contribution in [0.5, 0.6) is 0 Å². The molecule has 2 nitrogen and oxygen atoms in total. The third-order valence-electron chi connectivity index (χ3n) is 2.59. The number of nitrogen functional groups attached to an aromatic ring is 1. The second kappa shape index (κ2) is 3.44. The van der Waals surface area contributed by atoms with Gasteiger partial charge >= 0.3 is 0 Å². The number of rotatable bonds is 0. The number of hydrogen-bond donors (Lipinski definition) is 1. The standard InChI is InChI=1S/C13H15FN2/c1-13(2,3)11-7-10(15)8-5-4-6-9(14)12(8)16-11/h4-7H,1-3H3,(H2,15,16). The van der Waals surface area contributed by atoms with Gasteiger partial charge in [0.25, 0.3) is 0 Å². The van der Waals surface area contributed by atoms with Crippen LogP contribution in [-0.4, -0.2) is 4.98 Å². The van der Waals surface area contributed by atoms with Crippen LogP contribution in [0.1, 0.15) is 26.5 Å². The first-order valence-electron chi connectivity index (χ1n) is 5.25. The first-order chi connectivity index (χ1) is 7.39. The lowest BCUT2D eigenvalue weighted by molar-refractivity contribution is 0.569. The smallest absolute Gasteiger partial charge is 0.149 e. The van der Waals surface area contributed by atoms with Gasteiger partial charge in [-0.15, -0.1) is 0 Å². The van der Waals surface area contributed by atoms with Crippen molar-refractivity contribution in [2.45, 2.75) is 26.2 Å². The molecule has 2 aromatic rings. The fourth-order valence-electron chi connectivity index (χ4n) is 1.62. The zero-order valence-corrected chi connectivity index (χ0v) is 9.71. The Hall–Kier alpha value is -1.64. The van der Waals surface area contributed by atoms with Crippen molar-refractivity contribution in [2.75, 3.05) is 5.73 Å². The monoisotopic (exact) mass is 218 g/mol. The maximum atomic E-state index is 13.6. The van der Waals surface area contributed by atoms with Crippen molar-refractivity contribution in [3.8, 4) is 0 Å². The maximum absolute atomic E-state index is 13.6. The molecule has 0 saturated carbocycles. The molecule has 0 aliphatic rings. The van der Waals surface area contributed by atoms with E-state index in [2.05, 4.69) is 4.98 Å². The highest BCUT2D eigenvalue weighted by atomic mass is 19.1. The minimum absolute atomic E-state index is 0.134. The second-order valence-corrected chi connectivity index (χ2v) is 4.98. The quantitative estimate of drug-likeness (QED) is 0.737. The van der Waals surface area contributed by atoms with Crippen molar-refractivity contribution in [3.63, 3.8) is 0 Å². The van der Waals surface area contributed by atoms with E-state index in [1.54, 1.807) is 12.1 Å². The molecule has 0 radical (unpaired) electrons. The van der Waals surface area contributed by atoms with E-state index in [0.29, 0.717) is 16.6 Å². The highest BCUT2D eigenvalue weighted by Gasteiger charge is 2.18. The Balaban J connectivity index is 2.81. The molecule has 0 spiro atoms. The van der Waals surface area contributed by atoms with Crippen LogP contribution in [0.2, 0.25) is 0 Å². The Morgan fingerprint density at radius 2 is 1.94 bits per heavy atom. The Bertz CT molecular complexity index is 541. The van der Waals surface area contributed by atoms with E-state index in [9.17, 15) is 4.39 Å². The molecule has 0 aliphatic heterocycles. The van der Waals surface area contributed by atoms with Gasteiger partial charge in [0.15, 0.2) is 0 Å². The molecule has 1 heterocycles. The topological polar surface area (TPSA) is 38.9 Å². The van der Waals surface area contributed by atoms with E-state index in [1.807, 2.05) is 26.8 Å². The van der Waals surface area contributed by atoms with E-state index in [1.165, 1.54) is 6.07 Å². The van der Waals surface area contributed by atoms with Gasteiger partial charge in [-0.3, -0.25) is 0 Å². The molecular weight excluding hydrogens is 203 g/mol. The number of fused-ring (bicyclic) bond motifs is 1. The first-order valence-corrected chi connectivity index (χ1v) is 5.25. The van der Waals surface area contributed by atoms with Crippen molar-refractivity contribution < 1.29 is 4.39 Å². The van der Waals surface area contributed by atoms with Gasteiger partial charge in [0.2, 0.25) is 0 Å². The van der Waals surface area contributed by atoms with Gasteiger partial charge in [-0.05, 0) is 12.1 Å². The summed E-state index contributed by atoms with van der Waals surface area (Å²) in [5.41, 5.74) is 7.52. The largest absolute Gasteiger partial charge is 0.398 e. The Morgan fingerprint density at radius 1 is 1.25 bits per heavy atom. The van der Waals surface area contributed by atoms with Gasteiger partial charge in [0.05, 0.1) is 0 Å². The van der Waals surface area contributed by atoms with E-state index < -0.39 is 0 Å². The van der Waals surface area contributed by atoms with Gasteiger partial charge in [-0.2, -0.15) is 0 Å². The lowest BCUT2D eigenvalue weighted by atomic mass is 9.91. The van der Waals surface area contributed by atoms with Crippen LogP contribution in [0.4, 0.5) is 10.1 Å². The predicted octanol–water partition coefficient (Wildman–Crippen LogP) is 3.25. The van der Waals surface area contributed by atoms with Crippen LogP contribution in [-0.2, 0) is 5.41 Å². The summed E-state index contributed by atoms with van der Waals surface area (Å²) in [5, 5.41) is 0.674. The fourth-order valence-corrected chi connectivity index (χ4v) is 1.62. The lowest BCUT2D eigenvalue weighted by Gasteiger charge is -2.19. The molecule has 2 rings (SSSR count). The zero-order chi connectivity index (χ0) is 11.9. The molecule has 0 atom stereocenters. The molecule has 16 heavy (non-hydrogen) atoms. The third kappa shape index (κ3) is 1.73. The number of hydrogen-bond acceptors (Lipinski definition) is 2. The van der Waals surface area contributed by atoms with E-state index >= 15 is 0 Å². The summed E-state index contributed by atoms with van der Waals surface area (Å²) in [5.74, 6) is -0.324. The highest BCUT2D eigenvalue weighted by Crippen LogP contribution is 2.28. The van der Waals surface area contributed by atoms with Crippen LogP contribution in [0.15, 0.2) is 24.3 Å². The average Bonchev–Trinajstić information content (AvgIpc) is 2.18. The number of nitrogens with two attached hydrogens (primary N) is 1. The maximum Gasteiger partial charge on any atom is 0.149 e. The first kappa shape index (κ1) is 10.9. The molecule has 0 aliphatic carbocycles. The summed E-state index contributed by atoms with van der Waals surface area (Å²) in [4.78, 5) is 4.35. The Labute approximate surface area is 94.3 Å². The van der Waals surface area contributed by atoms with Crippen LogP contribution in [0, 0.1) is 5.82 Å². The number of benzene rings is 1. The summed E-state index contributed by atoms with van der Waals surface area (Å²) in [6, 6.07) is 6.66. The minimum atomic E-state index is -0.324. The van der Waals surface area contributed by atoms with Crippen molar-refractivity contribution in [2.24, 2.45) is 0 Å². The number of aromatic nitrogens is 1. The van der Waals surface area contributed by atoms with E-state index in [4.69, 9.17) is 5.73 Å². The Morgan fingerprint density at radius 3 is 2.56 bits per heavy atom. The number of nitrogens with zero attached hydrogens (tertiary/aromatic N) is 1. The summed E-state index contributed by atoms with van der Waals surface area (Å²) >= 11 is 0. The number of halogens is 1. The number of anilines is 1. The molecule has 0 fully saturated rings. The van der Waals surface area contributed by atoms with Crippen LogP contribution in [0.25, 0.3) is 10.9 Å². The zero-order valence-electron chi connectivity index (χ0n) is 9.71. The summed E-state index contributed by atoms with van der Waals surface area (Å²) < 4.78 is 13.6. The van der Waals surface area contributed by atoms with E-state index in [-0.39, 0.29) is 11.2 Å². The van der Waals surface area contributed by atoms with E-state index in [0.717, 1.165) is 5.69 Å². The van der Waals surface area contributed by atoms with Crippen LogP contribution < -0.4 is 5.73 Å². The van der Waals surface area contributed by atoms with Crippen LogP contribution >= 0.6 is 0 Å². The lowest BCUT2D eigenvalue weighted by Crippen LogP contribution is -2.14. The van der Waals surface area contributed by atoms with Gasteiger partial charge in [-0.1, -0.05) is 32.9 Å². The van der Waals surface area contributed by atoms with Gasteiger partial charge in [-0.25, -0.2) is 9.37 Å². The van der Waals surface area contributed by atoms with Crippen molar-refractivity contribution >= 4 is 16.6 Å². The summed E-state index contributed by atoms with van der Waals surface area (Å²) in [7, 11) is 0. The molecule has 3 heteroatoms. The third-order valence-corrected chi connectivity index (χ3v) is 2.59. The second-order valence-electron chi connectivity index (χ2n) is 4.98. The normalized spacial score (nSPS) is 12.0. The van der Waals surface area contributed by atoms with Gasteiger partial charge < -0.3 is 5.73 Å². The molecular formula is C13H15FN2. The number of pyridine rings is 1. The van der Waals surface area contributed by atoms with Gasteiger partial charge in [0, 0.05) is 22.2 Å². The minimum Gasteiger partial charge on any atom is -0.398 e. The fraction of sp³-hybridized carbons (Fsp3) is 0.308. The molecule has 1 aromatic carbocycles. The van der Waals surface area contributed by atoms with Crippen molar-refractivity contribution in [1.29, 1.82) is 0 Å². The molecule has 0 amide bonds. The van der Waals surface area contributed by atoms with Gasteiger partial charge in [0.1, 0.15) is 11.3 Å². The molecule has 0 unspecified atom stereocenters. The average molecular weight is 218 g/mol. The molecule has 0 bridgehead atoms. The van der Waals surface area contributed by atoms with Crippen molar-refractivity contribution in [3.05, 3.63) is 35.8 Å². The summed E-state index contributed by atoms with van der Waals surface area (Å²) in [6.45, 7) is 6.09. The van der Waals surface area contributed by atoms with Crippen LogP contribution in [0.3, 0.4) is 0 Å². The van der Waals surface area contributed by atoms with Crippen molar-refractivity contribution in [1.82, 2.24) is 4.98 Å².